The van der Waals surface area contributed by atoms with E-state index in [-0.39, 0.29) is 40.1 Å². The van der Waals surface area contributed by atoms with Crippen molar-refractivity contribution in [3.63, 3.8) is 0 Å². The number of hydrogen-bond acceptors (Lipinski definition) is 9. The quantitative estimate of drug-likeness (QED) is 0.210. The number of pyridine rings is 1. The van der Waals surface area contributed by atoms with Gasteiger partial charge in [0.1, 0.15) is 0 Å². The predicted octanol–water partition coefficient (Wildman–Crippen LogP) is 5.47. The van der Waals surface area contributed by atoms with Crippen molar-refractivity contribution in [3.05, 3.63) is 94.4 Å². The molecular weight excluding hydrogens is 639 g/mol. The van der Waals surface area contributed by atoms with Crippen LogP contribution in [0.5, 0.6) is 0 Å². The number of nitrogens with one attached hydrogen (secondary N) is 2. The molecule has 1 saturated heterocycles. The second kappa shape index (κ2) is 14.3. The van der Waals surface area contributed by atoms with E-state index in [1.165, 1.54) is 30.6 Å². The molecule has 1 fully saturated rings. The minimum Gasteiger partial charge on any atom is -0.462 e. The van der Waals surface area contributed by atoms with Gasteiger partial charge in [0, 0.05) is 49.5 Å². The molecule has 0 aliphatic carbocycles. The Morgan fingerprint density at radius 3 is 2.40 bits per heavy atom. The maximum absolute atomic E-state index is 13.1. The molecular formula is C31H30Cl2N6O5S. The molecule has 0 spiro atoms. The monoisotopic (exact) mass is 668 g/mol. The van der Waals surface area contributed by atoms with Gasteiger partial charge in [-0.25, -0.2) is 27.9 Å². The first-order chi connectivity index (χ1) is 21.6. The summed E-state index contributed by atoms with van der Waals surface area (Å²) in [6.07, 6.45) is 5.97. The summed E-state index contributed by atoms with van der Waals surface area (Å²) in [4.78, 5) is 39.7. The lowest BCUT2D eigenvalue weighted by atomic mass is 9.97. The summed E-state index contributed by atoms with van der Waals surface area (Å²) in [7, 11) is -3.88. The van der Waals surface area contributed by atoms with E-state index >= 15 is 0 Å². The van der Waals surface area contributed by atoms with Gasteiger partial charge in [0.25, 0.3) is 5.91 Å². The third-order valence-corrected chi connectivity index (χ3v) is 9.33. The van der Waals surface area contributed by atoms with Gasteiger partial charge in [0.05, 0.1) is 38.4 Å². The second-order valence-electron chi connectivity index (χ2n) is 10.3. The third-order valence-electron chi connectivity index (χ3n) is 7.27. The summed E-state index contributed by atoms with van der Waals surface area (Å²) >= 11 is 12.7. The lowest BCUT2D eigenvalue weighted by Crippen LogP contribution is -2.39. The number of carbonyl (C=O) groups excluding carboxylic acids is 2. The molecule has 2 aromatic carbocycles. The molecule has 4 aromatic rings. The molecule has 0 saturated carbocycles. The molecule has 1 aliphatic heterocycles. The molecule has 2 aromatic heterocycles. The van der Waals surface area contributed by atoms with Crippen LogP contribution < -0.4 is 14.9 Å². The lowest BCUT2D eigenvalue weighted by molar-refractivity contribution is 0.0525. The van der Waals surface area contributed by atoms with Gasteiger partial charge in [0.2, 0.25) is 16.0 Å². The van der Waals surface area contributed by atoms with E-state index in [1.807, 2.05) is 17.0 Å². The molecule has 3 heterocycles. The number of hydrogen-bond donors (Lipinski definition) is 2. The molecule has 45 heavy (non-hydrogen) atoms. The van der Waals surface area contributed by atoms with E-state index < -0.39 is 21.9 Å². The van der Waals surface area contributed by atoms with Crippen molar-refractivity contribution in [3.8, 4) is 11.3 Å². The molecule has 1 aliphatic rings. The SMILES string of the molecule is CCOC(=O)c1cnc(N2CCC(CNS(=O)(=O)c3ccc(C(=O)Nc4ccc(Cl)c(-c5ccccn5)c4)c(Cl)c3)CC2)nc1. The number of esters is 1. The van der Waals surface area contributed by atoms with Crippen molar-refractivity contribution >= 4 is 56.7 Å². The van der Waals surface area contributed by atoms with Gasteiger partial charge in [0.15, 0.2) is 0 Å². The van der Waals surface area contributed by atoms with Crippen molar-refractivity contribution in [2.45, 2.75) is 24.7 Å². The van der Waals surface area contributed by atoms with Gasteiger partial charge < -0.3 is 15.0 Å². The van der Waals surface area contributed by atoms with Gasteiger partial charge in [-0.15, -0.1) is 0 Å². The summed E-state index contributed by atoms with van der Waals surface area (Å²) in [5.74, 6) is -0.364. The fraction of sp³-hybridized carbons (Fsp3) is 0.258. The first kappa shape index (κ1) is 32.3. The molecule has 0 atom stereocenters. The third kappa shape index (κ3) is 7.95. The lowest BCUT2D eigenvalue weighted by Gasteiger charge is -2.32. The summed E-state index contributed by atoms with van der Waals surface area (Å²) < 4.78 is 33.8. The van der Waals surface area contributed by atoms with E-state index in [2.05, 4.69) is 25.0 Å². The Labute approximate surface area is 271 Å². The number of rotatable bonds is 10. The maximum atomic E-state index is 13.1. The first-order valence-electron chi connectivity index (χ1n) is 14.2. The molecule has 0 radical (unpaired) electrons. The van der Waals surface area contributed by atoms with Crippen LogP contribution in [0.25, 0.3) is 11.3 Å². The van der Waals surface area contributed by atoms with Crippen molar-refractivity contribution in [1.29, 1.82) is 0 Å². The number of nitrogens with zero attached hydrogens (tertiary/aromatic N) is 4. The number of carbonyl (C=O) groups is 2. The standard InChI is InChI=1S/C31H30Cl2N6O5S/c1-2-44-30(41)21-18-35-31(36-19-21)39-13-10-20(11-14-39)17-37-45(42,43)23-7-8-24(27(33)16-23)29(40)38-22-6-9-26(32)25(15-22)28-5-3-4-12-34-28/h3-9,12,15-16,18-20,37H,2,10-11,13-14,17H2,1H3,(H,38,40). The largest absolute Gasteiger partial charge is 0.462 e. The molecule has 14 heteroatoms. The summed E-state index contributed by atoms with van der Waals surface area (Å²) in [6, 6.07) is 14.5. The average Bonchev–Trinajstić information content (AvgIpc) is 3.05. The second-order valence-corrected chi connectivity index (χ2v) is 12.9. The highest BCUT2D eigenvalue weighted by atomic mass is 35.5. The minimum absolute atomic E-state index is 0.00317. The summed E-state index contributed by atoms with van der Waals surface area (Å²) in [6.45, 7) is 3.52. The molecule has 11 nitrogen and oxygen atoms in total. The fourth-order valence-electron chi connectivity index (χ4n) is 4.82. The number of ether oxygens (including phenoxy) is 1. The van der Waals surface area contributed by atoms with Crippen LogP contribution in [-0.2, 0) is 14.8 Å². The van der Waals surface area contributed by atoms with Crippen LogP contribution >= 0.6 is 23.2 Å². The Balaban J connectivity index is 1.16. The zero-order valence-corrected chi connectivity index (χ0v) is 26.6. The van der Waals surface area contributed by atoms with Crippen LogP contribution in [0.2, 0.25) is 10.0 Å². The van der Waals surface area contributed by atoms with Crippen LogP contribution in [0.1, 0.15) is 40.5 Å². The molecule has 234 valence electrons. The average molecular weight is 670 g/mol. The van der Waals surface area contributed by atoms with Crippen LogP contribution in [-0.4, -0.2) is 61.5 Å². The Morgan fingerprint density at radius 2 is 1.73 bits per heavy atom. The molecule has 5 rings (SSSR count). The zero-order valence-electron chi connectivity index (χ0n) is 24.2. The molecule has 0 unspecified atom stereocenters. The van der Waals surface area contributed by atoms with Crippen LogP contribution in [0, 0.1) is 5.92 Å². The van der Waals surface area contributed by atoms with Crippen LogP contribution in [0.4, 0.5) is 11.6 Å². The summed E-state index contributed by atoms with van der Waals surface area (Å²) in [5, 5.41) is 3.26. The van der Waals surface area contributed by atoms with Gasteiger partial charge >= 0.3 is 5.97 Å². The highest BCUT2D eigenvalue weighted by Gasteiger charge is 2.24. The number of halogens is 2. The van der Waals surface area contributed by atoms with E-state index in [1.54, 1.807) is 37.4 Å². The van der Waals surface area contributed by atoms with Crippen molar-refractivity contribution in [1.82, 2.24) is 19.7 Å². The Morgan fingerprint density at radius 1 is 0.978 bits per heavy atom. The Hall–Kier alpha value is -4.10. The molecule has 2 N–H and O–H groups in total. The van der Waals surface area contributed by atoms with E-state index in [9.17, 15) is 18.0 Å². The molecule has 0 bridgehead atoms. The van der Waals surface area contributed by atoms with Gasteiger partial charge in [-0.1, -0.05) is 29.3 Å². The highest BCUT2D eigenvalue weighted by Crippen LogP contribution is 2.30. The van der Waals surface area contributed by atoms with Crippen molar-refractivity contribution in [2.75, 3.05) is 36.5 Å². The first-order valence-corrected chi connectivity index (χ1v) is 16.4. The van der Waals surface area contributed by atoms with E-state index in [0.29, 0.717) is 41.0 Å². The number of amides is 1. The predicted molar refractivity (Wildman–Crippen MR) is 172 cm³/mol. The van der Waals surface area contributed by atoms with Gasteiger partial charge in [-0.05, 0) is 74.2 Å². The zero-order chi connectivity index (χ0) is 32.0. The number of sulfonamides is 1. The smallest absolute Gasteiger partial charge is 0.341 e. The van der Waals surface area contributed by atoms with Crippen LogP contribution in [0.3, 0.4) is 0 Å². The number of anilines is 2. The molecule has 1 amide bonds. The summed E-state index contributed by atoms with van der Waals surface area (Å²) in [5.41, 5.74) is 2.19. The number of aromatic nitrogens is 3. The number of piperidine rings is 1. The fourth-order valence-corrected chi connectivity index (χ4v) is 6.51. The van der Waals surface area contributed by atoms with E-state index in [0.717, 1.165) is 12.8 Å². The number of benzene rings is 2. The van der Waals surface area contributed by atoms with Crippen molar-refractivity contribution < 1.29 is 22.7 Å². The highest BCUT2D eigenvalue weighted by molar-refractivity contribution is 7.89. The Kier molecular flexibility index (Phi) is 10.3. The van der Waals surface area contributed by atoms with Crippen molar-refractivity contribution in [2.24, 2.45) is 5.92 Å². The van der Waals surface area contributed by atoms with Gasteiger partial charge in [-0.2, -0.15) is 0 Å². The minimum atomic E-state index is -3.88. The topological polar surface area (TPSA) is 143 Å². The maximum Gasteiger partial charge on any atom is 0.341 e. The van der Waals surface area contributed by atoms with E-state index in [4.69, 9.17) is 27.9 Å². The normalized spacial score (nSPS) is 13.8. The Bertz CT molecular complexity index is 1780. The van der Waals surface area contributed by atoms with Gasteiger partial charge in [-0.3, -0.25) is 9.78 Å². The van der Waals surface area contributed by atoms with Crippen LogP contribution in [0.15, 0.2) is 78.1 Å².